The van der Waals surface area contributed by atoms with Crippen molar-refractivity contribution in [1.29, 1.82) is 0 Å². The minimum atomic E-state index is -0.106. The fourth-order valence-electron chi connectivity index (χ4n) is 3.11. The van der Waals surface area contributed by atoms with Gasteiger partial charge in [-0.05, 0) is 30.2 Å². The number of carbonyl (C=O) groups excluding carboxylic acids is 1. The fourth-order valence-corrected chi connectivity index (χ4v) is 3.11. The quantitative estimate of drug-likeness (QED) is 0.796. The van der Waals surface area contributed by atoms with E-state index in [-0.39, 0.29) is 18.5 Å². The molecule has 1 N–H and O–H groups in total. The van der Waals surface area contributed by atoms with Crippen LogP contribution in [0.15, 0.2) is 12.1 Å². The van der Waals surface area contributed by atoms with Crippen LogP contribution in [0.1, 0.15) is 25.7 Å². The van der Waals surface area contributed by atoms with Crippen LogP contribution in [-0.2, 0) is 11.3 Å². The van der Waals surface area contributed by atoms with Crippen molar-refractivity contribution in [2.45, 2.75) is 38.3 Å². The van der Waals surface area contributed by atoms with Crippen molar-refractivity contribution in [1.82, 2.24) is 25.5 Å². The Labute approximate surface area is 151 Å². The summed E-state index contributed by atoms with van der Waals surface area (Å²) in [4.78, 5) is 13.4. The molecule has 0 aliphatic heterocycles. The molecular formula is C17H23N5O4. The zero-order valence-corrected chi connectivity index (χ0v) is 15.2. The third kappa shape index (κ3) is 3.87. The number of aromatic nitrogens is 4. The van der Waals surface area contributed by atoms with Crippen LogP contribution >= 0.6 is 0 Å². The van der Waals surface area contributed by atoms with Crippen molar-refractivity contribution in [2.75, 3.05) is 21.3 Å². The first kappa shape index (κ1) is 18.0. The highest BCUT2D eigenvalue weighted by Gasteiger charge is 2.19. The summed E-state index contributed by atoms with van der Waals surface area (Å²) >= 11 is 0. The SMILES string of the molecule is COc1cc(-c2nnn(CC(=O)NC3CCCC3)n2)cc(OC)c1OC. The molecule has 0 unspecified atom stereocenters. The number of carbonyl (C=O) groups is 1. The highest BCUT2D eigenvalue weighted by Crippen LogP contribution is 2.40. The van der Waals surface area contributed by atoms with Gasteiger partial charge in [0.25, 0.3) is 0 Å². The van der Waals surface area contributed by atoms with Crippen LogP contribution in [0.2, 0.25) is 0 Å². The Morgan fingerprint density at radius 3 is 2.38 bits per heavy atom. The van der Waals surface area contributed by atoms with E-state index in [1.54, 1.807) is 26.4 Å². The molecule has 1 aliphatic rings. The Morgan fingerprint density at radius 1 is 1.15 bits per heavy atom. The van der Waals surface area contributed by atoms with Crippen LogP contribution in [0, 0.1) is 0 Å². The number of nitrogens with zero attached hydrogens (tertiary/aromatic N) is 4. The molecule has 1 saturated carbocycles. The first-order valence-electron chi connectivity index (χ1n) is 8.52. The summed E-state index contributed by atoms with van der Waals surface area (Å²) in [5.74, 6) is 1.75. The average Bonchev–Trinajstić information content (AvgIpc) is 3.32. The Bertz CT molecular complexity index is 745. The summed E-state index contributed by atoms with van der Waals surface area (Å²) in [6.07, 6.45) is 4.40. The number of tetrazole rings is 1. The molecule has 0 radical (unpaired) electrons. The normalized spacial score (nSPS) is 14.3. The van der Waals surface area contributed by atoms with Gasteiger partial charge >= 0.3 is 0 Å². The topological polar surface area (TPSA) is 100 Å². The van der Waals surface area contributed by atoms with Gasteiger partial charge in [-0.1, -0.05) is 12.8 Å². The largest absolute Gasteiger partial charge is 0.493 e. The summed E-state index contributed by atoms with van der Waals surface area (Å²) in [6, 6.07) is 3.74. The lowest BCUT2D eigenvalue weighted by atomic mass is 10.1. The molecule has 0 saturated heterocycles. The highest BCUT2D eigenvalue weighted by molar-refractivity contribution is 5.76. The standard InChI is InChI=1S/C17H23N5O4/c1-24-13-8-11(9-14(25-2)16(13)26-3)17-19-21-22(20-17)10-15(23)18-12-6-4-5-7-12/h8-9,12H,4-7,10H2,1-3H3,(H,18,23). The van der Waals surface area contributed by atoms with Crippen molar-refractivity contribution < 1.29 is 19.0 Å². The van der Waals surface area contributed by atoms with E-state index in [0.29, 0.717) is 28.6 Å². The Hall–Kier alpha value is -2.84. The van der Waals surface area contributed by atoms with E-state index < -0.39 is 0 Å². The molecule has 140 valence electrons. The lowest BCUT2D eigenvalue weighted by Crippen LogP contribution is -2.35. The van der Waals surface area contributed by atoms with Gasteiger partial charge in [0.1, 0.15) is 6.54 Å². The highest BCUT2D eigenvalue weighted by atomic mass is 16.5. The number of methoxy groups -OCH3 is 3. The van der Waals surface area contributed by atoms with E-state index in [4.69, 9.17) is 14.2 Å². The summed E-state index contributed by atoms with van der Waals surface area (Å²) in [5, 5.41) is 15.3. The maximum absolute atomic E-state index is 12.1. The van der Waals surface area contributed by atoms with Crippen molar-refractivity contribution in [2.24, 2.45) is 0 Å². The van der Waals surface area contributed by atoms with Crippen molar-refractivity contribution in [3.05, 3.63) is 12.1 Å². The van der Waals surface area contributed by atoms with Crippen molar-refractivity contribution >= 4 is 5.91 Å². The zero-order chi connectivity index (χ0) is 18.5. The lowest BCUT2D eigenvalue weighted by Gasteiger charge is -2.12. The predicted molar refractivity (Wildman–Crippen MR) is 93.3 cm³/mol. The zero-order valence-electron chi connectivity index (χ0n) is 15.2. The molecule has 1 aromatic heterocycles. The molecule has 9 nitrogen and oxygen atoms in total. The molecule has 9 heteroatoms. The molecule has 1 aliphatic carbocycles. The third-order valence-electron chi connectivity index (χ3n) is 4.38. The van der Waals surface area contributed by atoms with E-state index in [2.05, 4.69) is 20.7 Å². The lowest BCUT2D eigenvalue weighted by molar-refractivity contribution is -0.122. The van der Waals surface area contributed by atoms with Gasteiger partial charge < -0.3 is 19.5 Å². The molecule has 3 rings (SSSR count). The van der Waals surface area contributed by atoms with Gasteiger partial charge in [-0.25, -0.2) is 0 Å². The summed E-state index contributed by atoms with van der Waals surface area (Å²) in [7, 11) is 4.62. The molecule has 1 heterocycles. The van der Waals surface area contributed by atoms with Crippen LogP contribution in [0.5, 0.6) is 17.2 Å². The molecule has 0 spiro atoms. The fraction of sp³-hybridized carbons (Fsp3) is 0.529. The number of ether oxygens (including phenoxy) is 3. The Kier molecular flexibility index (Phi) is 5.55. The van der Waals surface area contributed by atoms with E-state index in [1.165, 1.54) is 11.9 Å². The molecular weight excluding hydrogens is 338 g/mol. The van der Waals surface area contributed by atoms with Crippen LogP contribution in [-0.4, -0.2) is 53.5 Å². The number of hydrogen-bond donors (Lipinski definition) is 1. The second-order valence-electron chi connectivity index (χ2n) is 6.11. The van der Waals surface area contributed by atoms with Gasteiger partial charge in [-0.2, -0.15) is 4.80 Å². The molecule has 26 heavy (non-hydrogen) atoms. The van der Waals surface area contributed by atoms with Crippen LogP contribution < -0.4 is 19.5 Å². The monoisotopic (exact) mass is 361 g/mol. The van der Waals surface area contributed by atoms with Gasteiger partial charge in [0.2, 0.25) is 17.5 Å². The average molecular weight is 361 g/mol. The summed E-state index contributed by atoms with van der Waals surface area (Å²) in [5.41, 5.74) is 0.655. The number of nitrogens with one attached hydrogen (secondary N) is 1. The predicted octanol–water partition coefficient (Wildman–Crippen LogP) is 1.42. The van der Waals surface area contributed by atoms with Crippen LogP contribution in [0.4, 0.5) is 0 Å². The van der Waals surface area contributed by atoms with Gasteiger partial charge in [0.15, 0.2) is 11.5 Å². The van der Waals surface area contributed by atoms with E-state index in [1.807, 2.05) is 0 Å². The van der Waals surface area contributed by atoms with E-state index in [0.717, 1.165) is 25.7 Å². The van der Waals surface area contributed by atoms with Crippen LogP contribution in [0.25, 0.3) is 11.4 Å². The Morgan fingerprint density at radius 2 is 1.81 bits per heavy atom. The molecule has 1 amide bonds. The van der Waals surface area contributed by atoms with Gasteiger partial charge in [0.05, 0.1) is 21.3 Å². The maximum Gasteiger partial charge on any atom is 0.243 e. The second-order valence-corrected chi connectivity index (χ2v) is 6.11. The molecule has 2 aromatic rings. The molecule has 0 atom stereocenters. The van der Waals surface area contributed by atoms with Crippen molar-refractivity contribution in [3.63, 3.8) is 0 Å². The van der Waals surface area contributed by atoms with E-state index >= 15 is 0 Å². The summed E-state index contributed by atoms with van der Waals surface area (Å²) in [6.45, 7) is 0.0356. The number of hydrogen-bond acceptors (Lipinski definition) is 7. The minimum absolute atomic E-state index is 0.0356. The maximum atomic E-state index is 12.1. The molecule has 1 fully saturated rings. The first-order valence-corrected chi connectivity index (χ1v) is 8.52. The number of rotatable bonds is 7. The smallest absolute Gasteiger partial charge is 0.243 e. The third-order valence-corrected chi connectivity index (χ3v) is 4.38. The van der Waals surface area contributed by atoms with Gasteiger partial charge in [0, 0.05) is 11.6 Å². The van der Waals surface area contributed by atoms with Crippen LogP contribution in [0.3, 0.4) is 0 Å². The number of benzene rings is 1. The first-order chi connectivity index (χ1) is 12.6. The van der Waals surface area contributed by atoms with Gasteiger partial charge in [-0.15, -0.1) is 10.2 Å². The van der Waals surface area contributed by atoms with Crippen molar-refractivity contribution in [3.8, 4) is 28.6 Å². The molecule has 1 aromatic carbocycles. The number of amides is 1. The summed E-state index contributed by atoms with van der Waals surface area (Å²) < 4.78 is 16.0. The van der Waals surface area contributed by atoms with Gasteiger partial charge in [-0.3, -0.25) is 4.79 Å². The molecule has 0 bridgehead atoms. The minimum Gasteiger partial charge on any atom is -0.493 e. The Balaban J connectivity index is 1.75. The second kappa shape index (κ2) is 8.03. The van der Waals surface area contributed by atoms with E-state index in [9.17, 15) is 4.79 Å².